The first-order chi connectivity index (χ1) is 15.0. The van der Waals surface area contributed by atoms with Crippen LogP contribution in [0.25, 0.3) is 0 Å². The second kappa shape index (κ2) is 9.96. The summed E-state index contributed by atoms with van der Waals surface area (Å²) >= 11 is 0. The zero-order valence-electron chi connectivity index (χ0n) is 18.4. The Balaban J connectivity index is 1.82. The monoisotopic (exact) mass is 477 g/mol. The van der Waals surface area contributed by atoms with Gasteiger partial charge in [0.15, 0.2) is 0 Å². The van der Waals surface area contributed by atoms with Crippen LogP contribution in [-0.4, -0.2) is 87.0 Å². The average Bonchev–Trinajstić information content (AvgIpc) is 2.97. The molecule has 32 heavy (non-hydrogen) atoms. The van der Waals surface area contributed by atoms with Gasteiger partial charge in [-0.15, -0.1) is 0 Å². The lowest BCUT2D eigenvalue weighted by Crippen LogP contribution is -2.42. The maximum absolute atomic E-state index is 13.4. The van der Waals surface area contributed by atoms with E-state index < -0.39 is 28.7 Å². The smallest absolute Gasteiger partial charge is 0.401 e. The Labute approximate surface area is 187 Å². The molecule has 7 nitrogen and oxygen atoms in total. The molecule has 1 aromatic rings. The highest BCUT2D eigenvalue weighted by Gasteiger charge is 2.35. The second-order valence-electron chi connectivity index (χ2n) is 8.36. The maximum Gasteiger partial charge on any atom is 0.401 e. The fraction of sp³-hybridized carbons (Fsp3) is 0.667. The number of methoxy groups -OCH3 is 1. The number of ether oxygens (including phenoxy) is 1. The second-order valence-corrected chi connectivity index (χ2v) is 10.2. The van der Waals surface area contributed by atoms with Gasteiger partial charge in [-0.25, -0.2) is 8.42 Å². The van der Waals surface area contributed by atoms with Crippen molar-refractivity contribution in [3.8, 4) is 5.75 Å². The molecule has 2 aliphatic rings. The van der Waals surface area contributed by atoms with Crippen LogP contribution < -0.4 is 4.74 Å². The minimum Gasteiger partial charge on any atom is -0.495 e. The van der Waals surface area contributed by atoms with Gasteiger partial charge in [-0.3, -0.25) is 9.69 Å². The lowest BCUT2D eigenvalue weighted by Gasteiger charge is -2.32. The van der Waals surface area contributed by atoms with Gasteiger partial charge >= 0.3 is 6.18 Å². The quantitative estimate of drug-likeness (QED) is 0.652. The van der Waals surface area contributed by atoms with Crippen molar-refractivity contribution in [2.45, 2.75) is 49.7 Å². The number of sulfonamides is 1. The molecule has 1 aromatic carbocycles. The molecule has 3 rings (SSSR count). The summed E-state index contributed by atoms with van der Waals surface area (Å²) in [5.74, 6) is -0.240. The first-order valence-electron chi connectivity index (χ1n) is 10.8. The maximum atomic E-state index is 13.4. The predicted octanol–water partition coefficient (Wildman–Crippen LogP) is 2.97. The molecule has 1 amide bonds. The van der Waals surface area contributed by atoms with E-state index in [0.29, 0.717) is 19.5 Å². The van der Waals surface area contributed by atoms with E-state index in [1.807, 2.05) is 6.92 Å². The number of nitrogens with zero attached hydrogens (tertiary/aromatic N) is 3. The molecule has 0 aliphatic carbocycles. The Morgan fingerprint density at radius 3 is 2.50 bits per heavy atom. The summed E-state index contributed by atoms with van der Waals surface area (Å²) in [5, 5.41) is 0. The number of carbonyl (C=O) groups excluding carboxylic acids is 1. The number of hydrogen-bond acceptors (Lipinski definition) is 5. The highest BCUT2D eigenvalue weighted by atomic mass is 32.2. The third-order valence-corrected chi connectivity index (χ3v) is 8.05. The van der Waals surface area contributed by atoms with Crippen LogP contribution in [0, 0.1) is 0 Å². The molecular weight excluding hydrogens is 447 g/mol. The molecule has 180 valence electrons. The highest BCUT2D eigenvalue weighted by molar-refractivity contribution is 7.89. The average molecular weight is 478 g/mol. The summed E-state index contributed by atoms with van der Waals surface area (Å²) in [4.78, 5) is 15.8. The van der Waals surface area contributed by atoms with Crippen molar-refractivity contribution < 1.29 is 31.1 Å². The van der Waals surface area contributed by atoms with Crippen molar-refractivity contribution in [3.63, 3.8) is 0 Å². The molecular formula is C21H30F3N3O4S. The zero-order chi connectivity index (χ0) is 23.5. The number of alkyl halides is 3. The largest absolute Gasteiger partial charge is 0.495 e. The molecule has 11 heteroatoms. The number of carbonyl (C=O) groups is 1. The van der Waals surface area contributed by atoms with Gasteiger partial charge in [0, 0.05) is 44.3 Å². The van der Waals surface area contributed by atoms with Gasteiger partial charge in [0.25, 0.3) is 5.91 Å². The summed E-state index contributed by atoms with van der Waals surface area (Å²) in [6.07, 6.45) is -1.38. The molecule has 0 radical (unpaired) electrons. The minimum atomic E-state index is -4.29. The standard InChI is InChI=1S/C21H30F3N3O4S/c1-16-6-3-4-11-27(16)32(29,30)19-14-17(7-8-18(19)31-2)20(28)26-10-5-9-25(12-13-26)15-21(22,23)24/h7-8,14,16H,3-6,9-13,15H2,1-2H3. The van der Waals surface area contributed by atoms with Crippen LogP contribution in [0.4, 0.5) is 13.2 Å². The SMILES string of the molecule is COc1ccc(C(=O)N2CCCN(CC(F)(F)F)CC2)cc1S(=O)(=O)N1CCCCC1C. The topological polar surface area (TPSA) is 70.2 Å². The molecule has 0 spiro atoms. The first-order valence-corrected chi connectivity index (χ1v) is 12.2. The summed E-state index contributed by atoms with van der Waals surface area (Å²) in [6, 6.07) is 4.14. The number of benzene rings is 1. The molecule has 2 fully saturated rings. The van der Waals surface area contributed by atoms with E-state index in [0.717, 1.165) is 19.3 Å². The molecule has 0 saturated carbocycles. The zero-order valence-corrected chi connectivity index (χ0v) is 19.2. The van der Waals surface area contributed by atoms with Crippen LogP contribution >= 0.6 is 0 Å². The van der Waals surface area contributed by atoms with E-state index in [-0.39, 0.29) is 41.9 Å². The summed E-state index contributed by atoms with van der Waals surface area (Å²) in [7, 11) is -2.50. The van der Waals surface area contributed by atoms with E-state index >= 15 is 0 Å². The van der Waals surface area contributed by atoms with Gasteiger partial charge in [-0.05, 0) is 44.4 Å². The van der Waals surface area contributed by atoms with Crippen LogP contribution in [0.5, 0.6) is 5.75 Å². The molecule has 0 bridgehead atoms. The molecule has 2 saturated heterocycles. The Morgan fingerprint density at radius 1 is 1.09 bits per heavy atom. The van der Waals surface area contributed by atoms with Crippen LogP contribution in [0.2, 0.25) is 0 Å². The van der Waals surface area contributed by atoms with Crippen molar-refractivity contribution in [1.29, 1.82) is 0 Å². The van der Waals surface area contributed by atoms with Crippen molar-refractivity contribution in [2.75, 3.05) is 46.4 Å². The van der Waals surface area contributed by atoms with Gasteiger partial charge in [-0.2, -0.15) is 17.5 Å². The lowest BCUT2D eigenvalue weighted by molar-refractivity contribution is -0.145. The van der Waals surface area contributed by atoms with E-state index in [4.69, 9.17) is 4.74 Å². The predicted molar refractivity (Wildman–Crippen MR) is 113 cm³/mol. The van der Waals surface area contributed by atoms with E-state index in [2.05, 4.69) is 0 Å². The van der Waals surface area contributed by atoms with Crippen molar-refractivity contribution in [2.24, 2.45) is 0 Å². The van der Waals surface area contributed by atoms with Gasteiger partial charge < -0.3 is 9.64 Å². The van der Waals surface area contributed by atoms with Crippen LogP contribution in [0.3, 0.4) is 0 Å². The van der Waals surface area contributed by atoms with Gasteiger partial charge in [-0.1, -0.05) is 6.42 Å². The Bertz CT molecular complexity index is 923. The molecule has 2 heterocycles. The fourth-order valence-electron chi connectivity index (χ4n) is 4.33. The van der Waals surface area contributed by atoms with Gasteiger partial charge in [0.05, 0.1) is 13.7 Å². The number of piperidine rings is 1. The molecule has 0 aromatic heterocycles. The van der Waals surface area contributed by atoms with E-state index in [9.17, 15) is 26.4 Å². The van der Waals surface area contributed by atoms with Crippen molar-refractivity contribution in [1.82, 2.24) is 14.1 Å². The van der Waals surface area contributed by atoms with Gasteiger partial charge in [0.2, 0.25) is 10.0 Å². The van der Waals surface area contributed by atoms with E-state index in [1.165, 1.54) is 39.4 Å². The summed E-state index contributed by atoms with van der Waals surface area (Å²) < 4.78 is 71.6. The van der Waals surface area contributed by atoms with Crippen molar-refractivity contribution in [3.05, 3.63) is 23.8 Å². The number of amides is 1. The molecule has 2 aliphatic heterocycles. The molecule has 1 unspecified atom stereocenters. The van der Waals surface area contributed by atoms with E-state index in [1.54, 1.807) is 0 Å². The van der Waals surface area contributed by atoms with Crippen molar-refractivity contribution >= 4 is 15.9 Å². The normalized spacial score (nSPS) is 21.9. The third-order valence-electron chi connectivity index (χ3n) is 6.02. The van der Waals surface area contributed by atoms with Crippen LogP contribution in [0.1, 0.15) is 43.0 Å². The van der Waals surface area contributed by atoms with Gasteiger partial charge in [0.1, 0.15) is 10.6 Å². The Kier molecular flexibility index (Phi) is 7.72. The lowest BCUT2D eigenvalue weighted by atomic mass is 10.1. The van der Waals surface area contributed by atoms with Crippen LogP contribution in [-0.2, 0) is 10.0 Å². The fourth-order valence-corrected chi connectivity index (χ4v) is 6.22. The molecule has 1 atom stereocenters. The minimum absolute atomic E-state index is 0.0619. The molecule has 0 N–H and O–H groups in total. The summed E-state index contributed by atoms with van der Waals surface area (Å²) in [5.41, 5.74) is 0.179. The first kappa shape index (κ1) is 24.8. The summed E-state index contributed by atoms with van der Waals surface area (Å²) in [6.45, 7) is 2.08. The number of rotatable bonds is 5. The number of halogens is 3. The third kappa shape index (κ3) is 5.74. The highest BCUT2D eigenvalue weighted by Crippen LogP contribution is 2.32. The number of hydrogen-bond donors (Lipinski definition) is 0. The van der Waals surface area contributed by atoms with Crippen LogP contribution in [0.15, 0.2) is 23.1 Å². The Hall–Kier alpha value is -1.85. The Morgan fingerprint density at radius 2 is 1.84 bits per heavy atom.